The first-order chi connectivity index (χ1) is 11.3. The van der Waals surface area contributed by atoms with Gasteiger partial charge in [0.25, 0.3) is 0 Å². The summed E-state index contributed by atoms with van der Waals surface area (Å²) < 4.78 is 14.4. The Morgan fingerprint density at radius 2 is 1.75 bits per heavy atom. The summed E-state index contributed by atoms with van der Waals surface area (Å²) in [5.41, 5.74) is 0.0811. The van der Waals surface area contributed by atoms with E-state index in [0.717, 1.165) is 20.3 Å². The maximum atomic E-state index is 11.9. The van der Waals surface area contributed by atoms with E-state index in [1.807, 2.05) is 0 Å². The Balaban J connectivity index is 3.44. The molecule has 1 N–H and O–H groups in total. The zero-order valence-corrected chi connectivity index (χ0v) is 16.7. The Hall–Kier alpha value is -1.58. The smallest absolute Gasteiger partial charge is 0.354 e. The summed E-state index contributed by atoms with van der Waals surface area (Å²) >= 11 is 12.6. The number of carbonyl (C=O) groups excluding carboxylic acids is 3. The van der Waals surface area contributed by atoms with Crippen molar-refractivity contribution >= 4 is 67.1 Å². The predicted molar refractivity (Wildman–Crippen MR) is 93.9 cm³/mol. The second-order valence-electron chi connectivity index (χ2n) is 4.09. The third-order valence-corrected chi connectivity index (χ3v) is 4.40. The number of benzene rings is 1. The largest absolute Gasteiger partial charge is 0.466 e. The average molecular weight is 486 g/mol. The van der Waals surface area contributed by atoms with Gasteiger partial charge in [-0.1, -0.05) is 11.6 Å². The van der Waals surface area contributed by atoms with Gasteiger partial charge in [-0.3, -0.25) is 0 Å². The lowest BCUT2D eigenvalue weighted by atomic mass is 10.2. The maximum absolute atomic E-state index is 11.9. The van der Waals surface area contributed by atoms with Crippen molar-refractivity contribution in [1.29, 1.82) is 0 Å². The molecule has 0 bridgehead atoms. The second-order valence-corrected chi connectivity index (χ2v) is 6.15. The van der Waals surface area contributed by atoms with Gasteiger partial charge in [0.05, 0.1) is 48.2 Å². The molecule has 0 aliphatic rings. The standard InChI is InChI=1S/C14H12Br2ClNO6/c1-22-9(19)5-8(13(20)23-2)18-12-7(17)4-6(15)10(11(12)16)14(21)24-3/h4-5,18H,1-3H3/b8-5+. The molecule has 0 heterocycles. The van der Waals surface area contributed by atoms with Gasteiger partial charge in [0.15, 0.2) is 0 Å². The van der Waals surface area contributed by atoms with Crippen molar-refractivity contribution in [2.24, 2.45) is 0 Å². The lowest BCUT2D eigenvalue weighted by Gasteiger charge is -2.15. The normalized spacial score (nSPS) is 10.8. The van der Waals surface area contributed by atoms with E-state index in [9.17, 15) is 14.4 Å². The van der Waals surface area contributed by atoms with E-state index in [-0.39, 0.29) is 26.4 Å². The van der Waals surface area contributed by atoms with Gasteiger partial charge < -0.3 is 19.5 Å². The summed E-state index contributed by atoms with van der Waals surface area (Å²) in [5.74, 6) is -2.24. The van der Waals surface area contributed by atoms with Gasteiger partial charge in [0, 0.05) is 4.47 Å². The van der Waals surface area contributed by atoms with Crippen LogP contribution in [0, 0.1) is 0 Å². The van der Waals surface area contributed by atoms with E-state index in [0.29, 0.717) is 4.47 Å². The number of hydrogen-bond acceptors (Lipinski definition) is 7. The number of anilines is 1. The molecule has 0 fully saturated rings. The first-order valence-corrected chi connectivity index (χ1v) is 8.14. The van der Waals surface area contributed by atoms with Crippen LogP contribution in [0.25, 0.3) is 0 Å². The Morgan fingerprint density at radius 1 is 1.12 bits per heavy atom. The summed E-state index contributed by atoms with van der Waals surface area (Å²) in [7, 11) is 3.53. The van der Waals surface area contributed by atoms with E-state index in [1.54, 1.807) is 0 Å². The Morgan fingerprint density at radius 3 is 2.25 bits per heavy atom. The van der Waals surface area contributed by atoms with Gasteiger partial charge >= 0.3 is 17.9 Å². The van der Waals surface area contributed by atoms with Gasteiger partial charge in [0.1, 0.15) is 5.70 Å². The minimum absolute atomic E-state index is 0.145. The van der Waals surface area contributed by atoms with Crippen LogP contribution in [-0.2, 0) is 23.8 Å². The van der Waals surface area contributed by atoms with Crippen molar-refractivity contribution in [2.75, 3.05) is 26.6 Å². The van der Waals surface area contributed by atoms with Gasteiger partial charge in [-0.2, -0.15) is 0 Å². The van der Waals surface area contributed by atoms with Crippen LogP contribution in [0.5, 0.6) is 0 Å². The molecule has 130 valence electrons. The molecule has 0 spiro atoms. The summed E-state index contributed by atoms with van der Waals surface area (Å²) in [4.78, 5) is 35.1. The third-order valence-electron chi connectivity index (χ3n) is 2.69. The fourth-order valence-corrected chi connectivity index (χ4v) is 3.60. The highest BCUT2D eigenvalue weighted by Crippen LogP contribution is 2.39. The molecule has 10 heteroatoms. The zero-order valence-electron chi connectivity index (χ0n) is 12.7. The van der Waals surface area contributed by atoms with Crippen molar-refractivity contribution in [1.82, 2.24) is 0 Å². The van der Waals surface area contributed by atoms with Gasteiger partial charge in [-0.05, 0) is 37.9 Å². The van der Waals surface area contributed by atoms with E-state index in [1.165, 1.54) is 13.2 Å². The number of halogens is 3. The highest BCUT2D eigenvalue weighted by atomic mass is 79.9. The van der Waals surface area contributed by atoms with Gasteiger partial charge in [0.2, 0.25) is 0 Å². The first-order valence-electron chi connectivity index (χ1n) is 6.17. The number of rotatable bonds is 5. The van der Waals surface area contributed by atoms with E-state index >= 15 is 0 Å². The molecule has 1 aromatic rings. The molecule has 0 amide bonds. The number of nitrogens with one attached hydrogen (secondary N) is 1. The summed E-state index contributed by atoms with van der Waals surface area (Å²) in [6.07, 6.45) is 0.897. The molecule has 7 nitrogen and oxygen atoms in total. The monoisotopic (exact) mass is 483 g/mol. The molecule has 0 radical (unpaired) electrons. The van der Waals surface area contributed by atoms with Crippen LogP contribution in [0.2, 0.25) is 5.02 Å². The van der Waals surface area contributed by atoms with Crippen LogP contribution in [0.1, 0.15) is 10.4 Å². The Labute approximate surface area is 159 Å². The molecule has 0 aliphatic carbocycles. The molecule has 0 aromatic heterocycles. The summed E-state index contributed by atoms with van der Waals surface area (Å²) in [5, 5.41) is 2.82. The topological polar surface area (TPSA) is 90.9 Å². The van der Waals surface area contributed by atoms with Crippen LogP contribution in [0.4, 0.5) is 5.69 Å². The molecule has 0 unspecified atom stereocenters. The quantitative estimate of drug-likeness (QED) is 0.389. The molecule has 0 atom stereocenters. The van der Waals surface area contributed by atoms with E-state index < -0.39 is 17.9 Å². The van der Waals surface area contributed by atoms with Gasteiger partial charge in [-0.25, -0.2) is 14.4 Å². The molecule has 0 saturated heterocycles. The van der Waals surface area contributed by atoms with Crippen LogP contribution < -0.4 is 5.32 Å². The van der Waals surface area contributed by atoms with Crippen molar-refractivity contribution in [2.45, 2.75) is 0 Å². The van der Waals surface area contributed by atoms with Crippen molar-refractivity contribution < 1.29 is 28.6 Å². The first kappa shape index (κ1) is 20.5. The predicted octanol–water partition coefficient (Wildman–Crippen LogP) is 3.29. The molecule has 1 aromatic carbocycles. The molecular formula is C14H12Br2ClNO6. The highest BCUT2D eigenvalue weighted by Gasteiger charge is 2.23. The van der Waals surface area contributed by atoms with Gasteiger partial charge in [-0.15, -0.1) is 0 Å². The SMILES string of the molecule is COC(=O)/C=C(/Nc1c(Cl)cc(Br)c(C(=O)OC)c1Br)C(=O)OC. The molecular weight excluding hydrogens is 473 g/mol. The van der Waals surface area contributed by atoms with Crippen LogP contribution in [0.15, 0.2) is 26.8 Å². The van der Waals surface area contributed by atoms with Crippen molar-refractivity contribution in [3.63, 3.8) is 0 Å². The summed E-state index contributed by atoms with van der Waals surface area (Å²) in [6.45, 7) is 0. The Kier molecular flexibility index (Phi) is 7.71. The number of ether oxygens (including phenoxy) is 3. The van der Waals surface area contributed by atoms with E-state index in [2.05, 4.69) is 46.7 Å². The zero-order chi connectivity index (χ0) is 18.4. The lowest BCUT2D eigenvalue weighted by molar-refractivity contribution is -0.138. The third kappa shape index (κ3) is 4.71. The average Bonchev–Trinajstić information content (AvgIpc) is 2.55. The highest BCUT2D eigenvalue weighted by molar-refractivity contribution is 9.11. The number of methoxy groups -OCH3 is 3. The van der Waals surface area contributed by atoms with Crippen molar-refractivity contribution in [3.05, 3.63) is 37.4 Å². The minimum atomic E-state index is -0.828. The Bertz CT molecular complexity index is 720. The fraction of sp³-hybridized carbons (Fsp3) is 0.214. The van der Waals surface area contributed by atoms with Crippen molar-refractivity contribution in [3.8, 4) is 0 Å². The number of esters is 3. The maximum Gasteiger partial charge on any atom is 0.354 e. The number of hydrogen-bond donors (Lipinski definition) is 1. The minimum Gasteiger partial charge on any atom is -0.466 e. The molecule has 24 heavy (non-hydrogen) atoms. The molecule has 0 aliphatic heterocycles. The molecule has 1 rings (SSSR count). The van der Waals surface area contributed by atoms with Crippen LogP contribution in [0.3, 0.4) is 0 Å². The second kappa shape index (κ2) is 9.05. The van der Waals surface area contributed by atoms with Crippen LogP contribution in [-0.4, -0.2) is 39.2 Å². The number of carbonyl (C=O) groups is 3. The fourth-order valence-electron chi connectivity index (χ4n) is 1.56. The van der Waals surface area contributed by atoms with E-state index in [4.69, 9.17) is 16.3 Å². The molecule has 0 saturated carbocycles. The summed E-state index contributed by atoms with van der Waals surface area (Å²) in [6, 6.07) is 1.44. The van der Waals surface area contributed by atoms with Crippen LogP contribution >= 0.6 is 43.5 Å². The lowest BCUT2D eigenvalue weighted by Crippen LogP contribution is -2.16.